The fourth-order valence-electron chi connectivity index (χ4n) is 2.06. The van der Waals surface area contributed by atoms with Gasteiger partial charge in [-0.1, -0.05) is 13.3 Å². The van der Waals surface area contributed by atoms with Crippen LogP contribution in [0.2, 0.25) is 0 Å². The Bertz CT molecular complexity index is 299. The average Bonchev–Trinajstić information content (AvgIpc) is 2.73. The predicted octanol–water partition coefficient (Wildman–Crippen LogP) is 1.33. The van der Waals surface area contributed by atoms with Gasteiger partial charge in [-0.05, 0) is 19.3 Å². The van der Waals surface area contributed by atoms with Crippen molar-refractivity contribution in [2.45, 2.75) is 52.0 Å². The molecule has 4 heteroatoms. The van der Waals surface area contributed by atoms with Gasteiger partial charge in [-0.3, -0.25) is 14.4 Å². The summed E-state index contributed by atoms with van der Waals surface area (Å²) < 4.78 is 0. The highest BCUT2D eigenvalue weighted by molar-refractivity contribution is 6.35. The Morgan fingerprint density at radius 2 is 2.00 bits per heavy atom. The number of carbonyl (C=O) groups excluding carboxylic acids is 3. The number of hydrogen-bond donors (Lipinski definition) is 0. The van der Waals surface area contributed by atoms with E-state index in [1.165, 1.54) is 11.8 Å². The number of rotatable bonds is 5. The van der Waals surface area contributed by atoms with Crippen LogP contribution in [0, 0.1) is 0 Å². The van der Waals surface area contributed by atoms with E-state index in [1.807, 2.05) is 6.92 Å². The molecule has 0 aromatic rings. The third-order valence-electron chi connectivity index (χ3n) is 2.96. The van der Waals surface area contributed by atoms with Crippen LogP contribution in [-0.2, 0) is 14.4 Å². The Balaban J connectivity index is 2.61. The predicted molar refractivity (Wildman–Crippen MR) is 59.9 cm³/mol. The van der Waals surface area contributed by atoms with E-state index in [4.69, 9.17) is 0 Å². The zero-order valence-corrected chi connectivity index (χ0v) is 9.99. The lowest BCUT2D eigenvalue weighted by Gasteiger charge is -2.22. The summed E-state index contributed by atoms with van der Waals surface area (Å²) in [5.74, 6) is -0.878. The largest absolute Gasteiger partial charge is 0.326 e. The number of Topliss-reactive ketones (excluding diaryl/α,β-unsaturated/α-hetero) is 2. The first-order valence-corrected chi connectivity index (χ1v) is 5.92. The Hall–Kier alpha value is -1.19. The highest BCUT2D eigenvalue weighted by Gasteiger charge is 2.34. The number of amides is 1. The van der Waals surface area contributed by atoms with Crippen molar-refractivity contribution in [1.82, 2.24) is 4.90 Å². The second kappa shape index (κ2) is 5.77. The van der Waals surface area contributed by atoms with Crippen molar-refractivity contribution < 1.29 is 14.4 Å². The molecule has 0 aromatic heterocycles. The van der Waals surface area contributed by atoms with Crippen LogP contribution in [0.5, 0.6) is 0 Å². The quantitative estimate of drug-likeness (QED) is 0.663. The smallest absolute Gasteiger partial charge is 0.290 e. The van der Waals surface area contributed by atoms with Crippen LogP contribution in [0.1, 0.15) is 46.0 Å². The number of ketones is 2. The van der Waals surface area contributed by atoms with E-state index >= 15 is 0 Å². The van der Waals surface area contributed by atoms with Gasteiger partial charge < -0.3 is 4.90 Å². The van der Waals surface area contributed by atoms with E-state index in [9.17, 15) is 14.4 Å². The summed E-state index contributed by atoms with van der Waals surface area (Å²) in [5.41, 5.74) is 0. The van der Waals surface area contributed by atoms with Crippen molar-refractivity contribution in [3.8, 4) is 0 Å². The van der Waals surface area contributed by atoms with Crippen molar-refractivity contribution >= 4 is 17.5 Å². The number of hydrogen-bond acceptors (Lipinski definition) is 3. The van der Waals surface area contributed by atoms with Gasteiger partial charge in [0.25, 0.3) is 5.91 Å². The molecule has 0 bridgehead atoms. The van der Waals surface area contributed by atoms with Crippen molar-refractivity contribution in [2.75, 3.05) is 6.54 Å². The monoisotopic (exact) mass is 225 g/mol. The summed E-state index contributed by atoms with van der Waals surface area (Å²) in [5, 5.41) is 0. The summed E-state index contributed by atoms with van der Waals surface area (Å²) in [7, 11) is 0. The molecule has 0 saturated carbocycles. The Kier molecular flexibility index (Phi) is 4.65. The molecule has 90 valence electrons. The first-order chi connectivity index (χ1) is 7.57. The minimum atomic E-state index is -0.507. The molecule has 1 aliphatic heterocycles. The van der Waals surface area contributed by atoms with E-state index in [2.05, 4.69) is 0 Å². The molecule has 0 radical (unpaired) electrons. The topological polar surface area (TPSA) is 54.5 Å². The molecule has 1 unspecified atom stereocenters. The van der Waals surface area contributed by atoms with E-state index in [0.717, 1.165) is 19.3 Å². The highest BCUT2D eigenvalue weighted by atomic mass is 16.2. The lowest BCUT2D eigenvalue weighted by Crippen LogP contribution is -2.43. The molecule has 1 aliphatic rings. The van der Waals surface area contributed by atoms with E-state index < -0.39 is 11.7 Å². The second-order valence-electron chi connectivity index (χ2n) is 4.28. The van der Waals surface area contributed by atoms with Crippen LogP contribution in [0.4, 0.5) is 0 Å². The lowest BCUT2D eigenvalue weighted by molar-refractivity contribution is -0.146. The van der Waals surface area contributed by atoms with Crippen molar-refractivity contribution in [3.63, 3.8) is 0 Å². The van der Waals surface area contributed by atoms with Gasteiger partial charge in [0.05, 0.1) is 6.04 Å². The van der Waals surface area contributed by atoms with Crippen molar-refractivity contribution in [3.05, 3.63) is 0 Å². The fourth-order valence-corrected chi connectivity index (χ4v) is 2.06. The summed E-state index contributed by atoms with van der Waals surface area (Å²) in [6.07, 6.45) is 3.88. The maximum atomic E-state index is 11.8. The minimum Gasteiger partial charge on any atom is -0.326 e. The lowest BCUT2D eigenvalue weighted by atomic mass is 10.0. The molecule has 1 fully saturated rings. The molecular formula is C12H19NO3. The number of unbranched alkanes of at least 4 members (excludes halogenated alkanes) is 1. The first-order valence-electron chi connectivity index (χ1n) is 5.92. The normalized spacial score (nSPS) is 19.9. The van der Waals surface area contributed by atoms with E-state index in [-0.39, 0.29) is 11.8 Å². The number of likely N-dealkylation sites (tertiary alicyclic amines) is 1. The first kappa shape index (κ1) is 12.9. The highest BCUT2D eigenvalue weighted by Crippen LogP contribution is 2.20. The Morgan fingerprint density at radius 1 is 1.31 bits per heavy atom. The van der Waals surface area contributed by atoms with Crippen LogP contribution in [0.3, 0.4) is 0 Å². The summed E-state index contributed by atoms with van der Waals surface area (Å²) in [6.45, 7) is 3.83. The van der Waals surface area contributed by atoms with Crippen LogP contribution in [0.15, 0.2) is 0 Å². The van der Waals surface area contributed by atoms with Crippen molar-refractivity contribution in [1.29, 1.82) is 0 Å². The zero-order valence-electron chi connectivity index (χ0n) is 9.99. The molecule has 1 rings (SSSR count). The SMILES string of the molecule is CCCCC(=O)C1CCCN1C(=O)C(C)=O. The van der Waals surface area contributed by atoms with Gasteiger partial charge in [-0.25, -0.2) is 0 Å². The Morgan fingerprint density at radius 3 is 2.56 bits per heavy atom. The fraction of sp³-hybridized carbons (Fsp3) is 0.750. The summed E-state index contributed by atoms with van der Waals surface area (Å²) in [6, 6.07) is -0.344. The van der Waals surface area contributed by atoms with Crippen LogP contribution >= 0.6 is 0 Å². The van der Waals surface area contributed by atoms with E-state index in [0.29, 0.717) is 19.4 Å². The molecule has 0 aromatic carbocycles. The molecule has 1 saturated heterocycles. The maximum Gasteiger partial charge on any atom is 0.290 e. The van der Waals surface area contributed by atoms with Gasteiger partial charge in [0, 0.05) is 19.9 Å². The van der Waals surface area contributed by atoms with Crippen LogP contribution in [-0.4, -0.2) is 35.0 Å². The third kappa shape index (κ3) is 2.90. The molecule has 0 N–H and O–H groups in total. The maximum absolute atomic E-state index is 11.8. The van der Waals surface area contributed by atoms with Gasteiger partial charge >= 0.3 is 0 Å². The molecule has 0 aliphatic carbocycles. The molecule has 4 nitrogen and oxygen atoms in total. The molecule has 0 spiro atoms. The van der Waals surface area contributed by atoms with Gasteiger partial charge in [-0.15, -0.1) is 0 Å². The number of nitrogens with zero attached hydrogens (tertiary/aromatic N) is 1. The van der Waals surface area contributed by atoms with Crippen molar-refractivity contribution in [2.24, 2.45) is 0 Å². The molecule has 1 heterocycles. The standard InChI is InChI=1S/C12H19NO3/c1-3-4-7-11(15)10-6-5-8-13(10)12(16)9(2)14/h10H,3-8H2,1-2H3. The number of carbonyl (C=O) groups is 3. The summed E-state index contributed by atoms with van der Waals surface area (Å²) >= 11 is 0. The summed E-state index contributed by atoms with van der Waals surface area (Å²) in [4.78, 5) is 35.8. The average molecular weight is 225 g/mol. The van der Waals surface area contributed by atoms with Gasteiger partial charge in [0.2, 0.25) is 5.78 Å². The van der Waals surface area contributed by atoms with Gasteiger partial charge in [0.1, 0.15) is 0 Å². The second-order valence-corrected chi connectivity index (χ2v) is 4.28. The molecule has 1 amide bonds. The third-order valence-corrected chi connectivity index (χ3v) is 2.96. The van der Waals surface area contributed by atoms with Crippen LogP contribution < -0.4 is 0 Å². The zero-order chi connectivity index (χ0) is 12.1. The molecule has 1 atom stereocenters. The Labute approximate surface area is 96.0 Å². The van der Waals surface area contributed by atoms with Gasteiger partial charge in [0.15, 0.2) is 5.78 Å². The van der Waals surface area contributed by atoms with Gasteiger partial charge in [-0.2, -0.15) is 0 Å². The van der Waals surface area contributed by atoms with Crippen LogP contribution in [0.25, 0.3) is 0 Å². The van der Waals surface area contributed by atoms with E-state index in [1.54, 1.807) is 0 Å². The minimum absolute atomic E-state index is 0.106. The molecular weight excluding hydrogens is 206 g/mol. The molecule has 16 heavy (non-hydrogen) atoms.